The highest BCUT2D eigenvalue weighted by Crippen LogP contribution is 2.32. The van der Waals surface area contributed by atoms with Crippen LogP contribution in [0.5, 0.6) is 0 Å². The molecule has 9 nitrogen and oxygen atoms in total. The van der Waals surface area contributed by atoms with Gasteiger partial charge >= 0.3 is 0 Å². The summed E-state index contributed by atoms with van der Waals surface area (Å²) in [5.41, 5.74) is 1.57. The van der Waals surface area contributed by atoms with Crippen molar-refractivity contribution < 1.29 is 22.6 Å². The summed E-state index contributed by atoms with van der Waals surface area (Å²) < 4.78 is 32.4. The minimum Gasteiger partial charge on any atom is -0.468 e. The van der Waals surface area contributed by atoms with E-state index in [-0.39, 0.29) is 23.0 Å². The molecule has 0 fully saturated rings. The van der Waals surface area contributed by atoms with Crippen molar-refractivity contribution in [3.05, 3.63) is 87.9 Å². The van der Waals surface area contributed by atoms with Gasteiger partial charge in [-0.15, -0.1) is 0 Å². The Morgan fingerprint density at radius 3 is 2.60 bits per heavy atom. The summed E-state index contributed by atoms with van der Waals surface area (Å²) in [7, 11) is -3.77. The van der Waals surface area contributed by atoms with Gasteiger partial charge in [-0.05, 0) is 48.4 Å². The smallest absolute Gasteiger partial charge is 0.271 e. The van der Waals surface area contributed by atoms with Crippen molar-refractivity contribution in [2.75, 3.05) is 11.4 Å². The lowest BCUT2D eigenvalue weighted by Crippen LogP contribution is -2.29. The number of anilines is 1. The number of sulfonamides is 1. The zero-order chi connectivity index (χ0) is 21.3. The van der Waals surface area contributed by atoms with Gasteiger partial charge < -0.3 is 9.32 Å². The Morgan fingerprint density at radius 1 is 1.17 bits per heavy atom. The molecule has 1 aliphatic rings. The lowest BCUT2D eigenvalue weighted by atomic mass is 10.1. The Kier molecular flexibility index (Phi) is 5.10. The summed E-state index contributed by atoms with van der Waals surface area (Å²) in [5.74, 6) is 0.133. The Balaban J connectivity index is 1.52. The largest absolute Gasteiger partial charge is 0.468 e. The topological polar surface area (TPSA) is 123 Å². The van der Waals surface area contributed by atoms with Crippen molar-refractivity contribution in [1.82, 2.24) is 4.72 Å². The van der Waals surface area contributed by atoms with Crippen molar-refractivity contribution in [3.8, 4) is 0 Å². The van der Waals surface area contributed by atoms with Crippen LogP contribution in [0.4, 0.5) is 11.4 Å². The quantitative estimate of drug-likeness (QED) is 0.477. The van der Waals surface area contributed by atoms with Gasteiger partial charge in [0.05, 0.1) is 28.3 Å². The van der Waals surface area contributed by atoms with E-state index in [2.05, 4.69) is 4.72 Å². The first-order chi connectivity index (χ1) is 14.3. The van der Waals surface area contributed by atoms with Gasteiger partial charge in [-0.1, -0.05) is 6.07 Å². The van der Waals surface area contributed by atoms with E-state index >= 15 is 0 Å². The SMILES string of the molecule is O=C(c1ccc(S(=O)(=O)NCc2ccco2)cc1)N1CCc2ccc([N+](=O)[O-])cc21. The number of amides is 1. The van der Waals surface area contributed by atoms with Crippen LogP contribution in [0, 0.1) is 10.1 Å². The molecule has 0 radical (unpaired) electrons. The maximum absolute atomic E-state index is 12.9. The van der Waals surface area contributed by atoms with Crippen LogP contribution in [0.25, 0.3) is 0 Å². The van der Waals surface area contributed by atoms with E-state index in [1.165, 1.54) is 47.6 Å². The molecule has 0 saturated carbocycles. The van der Waals surface area contributed by atoms with Crippen molar-refractivity contribution in [2.45, 2.75) is 17.9 Å². The average molecular weight is 427 g/mol. The summed E-state index contributed by atoms with van der Waals surface area (Å²) in [6, 6.07) is 13.3. The first-order valence-electron chi connectivity index (χ1n) is 9.06. The fourth-order valence-electron chi connectivity index (χ4n) is 3.29. The minimum atomic E-state index is -3.77. The standard InChI is InChI=1S/C20H17N3O6S/c24-20(22-10-9-14-3-6-16(23(25)26)12-19(14)22)15-4-7-18(8-5-15)30(27,28)21-13-17-2-1-11-29-17/h1-8,11-12,21H,9-10,13H2. The third-order valence-corrected chi connectivity index (χ3v) is 6.27. The maximum Gasteiger partial charge on any atom is 0.271 e. The molecule has 0 unspecified atom stereocenters. The molecule has 1 N–H and O–H groups in total. The van der Waals surface area contributed by atoms with E-state index in [0.717, 1.165) is 5.56 Å². The highest BCUT2D eigenvalue weighted by atomic mass is 32.2. The Morgan fingerprint density at radius 2 is 1.93 bits per heavy atom. The second-order valence-electron chi connectivity index (χ2n) is 6.71. The van der Waals surface area contributed by atoms with E-state index < -0.39 is 14.9 Å². The summed E-state index contributed by atoms with van der Waals surface area (Å²) in [6.07, 6.45) is 2.05. The van der Waals surface area contributed by atoms with Crippen molar-refractivity contribution in [3.63, 3.8) is 0 Å². The maximum atomic E-state index is 12.9. The number of hydrogen-bond acceptors (Lipinski definition) is 6. The molecular formula is C20H17N3O6S. The van der Waals surface area contributed by atoms with Crippen LogP contribution in [0.3, 0.4) is 0 Å². The minimum absolute atomic E-state index is 0.0133. The monoisotopic (exact) mass is 427 g/mol. The molecule has 0 bridgehead atoms. The summed E-state index contributed by atoms with van der Waals surface area (Å²) in [4.78, 5) is 24.9. The predicted molar refractivity (Wildman–Crippen MR) is 108 cm³/mol. The second-order valence-corrected chi connectivity index (χ2v) is 8.47. The van der Waals surface area contributed by atoms with E-state index in [9.17, 15) is 23.3 Å². The van der Waals surface area contributed by atoms with Crippen LogP contribution in [-0.4, -0.2) is 25.8 Å². The molecule has 30 heavy (non-hydrogen) atoms. The highest BCUT2D eigenvalue weighted by Gasteiger charge is 2.28. The van der Waals surface area contributed by atoms with Gasteiger partial charge in [0.15, 0.2) is 0 Å². The average Bonchev–Trinajstić information content (AvgIpc) is 3.41. The number of hydrogen-bond donors (Lipinski definition) is 1. The third kappa shape index (κ3) is 3.82. The molecule has 0 atom stereocenters. The van der Waals surface area contributed by atoms with Crippen LogP contribution in [0.1, 0.15) is 21.7 Å². The Bertz CT molecular complexity index is 1200. The number of fused-ring (bicyclic) bond motifs is 1. The first-order valence-corrected chi connectivity index (χ1v) is 10.5. The number of furan rings is 1. The van der Waals surface area contributed by atoms with Crippen LogP contribution in [0.2, 0.25) is 0 Å². The van der Waals surface area contributed by atoms with Crippen LogP contribution < -0.4 is 9.62 Å². The Labute approximate surface area is 172 Å². The number of nitro groups is 1. The van der Waals surface area contributed by atoms with Crippen molar-refractivity contribution in [2.24, 2.45) is 0 Å². The predicted octanol–water partition coefficient (Wildman–Crippen LogP) is 2.87. The van der Waals surface area contributed by atoms with E-state index in [4.69, 9.17) is 4.42 Å². The molecule has 1 aliphatic heterocycles. The lowest BCUT2D eigenvalue weighted by Gasteiger charge is -2.17. The molecule has 10 heteroatoms. The van der Waals surface area contributed by atoms with Crippen molar-refractivity contribution in [1.29, 1.82) is 0 Å². The molecule has 4 rings (SSSR count). The van der Waals surface area contributed by atoms with Crippen LogP contribution in [0.15, 0.2) is 70.2 Å². The summed E-state index contributed by atoms with van der Waals surface area (Å²) >= 11 is 0. The number of non-ortho nitro benzene ring substituents is 1. The number of carbonyl (C=O) groups is 1. The molecule has 0 aliphatic carbocycles. The number of nitrogens with zero attached hydrogens (tertiary/aromatic N) is 2. The molecule has 3 aromatic rings. The van der Waals surface area contributed by atoms with E-state index in [1.54, 1.807) is 18.2 Å². The molecule has 154 valence electrons. The number of rotatable bonds is 6. The molecule has 2 heterocycles. The highest BCUT2D eigenvalue weighted by molar-refractivity contribution is 7.89. The zero-order valence-electron chi connectivity index (χ0n) is 15.6. The fourth-order valence-corrected chi connectivity index (χ4v) is 4.28. The number of carbonyl (C=O) groups excluding carboxylic acids is 1. The number of benzene rings is 2. The molecule has 1 amide bonds. The molecule has 0 spiro atoms. The first kappa shape index (κ1) is 19.8. The van der Waals surface area contributed by atoms with Gasteiger partial charge in [0.2, 0.25) is 10.0 Å². The van der Waals surface area contributed by atoms with Crippen molar-refractivity contribution >= 4 is 27.3 Å². The summed E-state index contributed by atoms with van der Waals surface area (Å²) in [5, 5.41) is 11.0. The van der Waals surface area contributed by atoms with Crippen LogP contribution >= 0.6 is 0 Å². The normalized spacial score (nSPS) is 13.3. The van der Waals surface area contributed by atoms with Gasteiger partial charge in [-0.3, -0.25) is 14.9 Å². The van der Waals surface area contributed by atoms with Gasteiger partial charge in [0.1, 0.15) is 5.76 Å². The fraction of sp³-hybridized carbons (Fsp3) is 0.150. The Hall–Kier alpha value is -3.50. The van der Waals surface area contributed by atoms with Gasteiger partial charge in [0, 0.05) is 24.2 Å². The lowest BCUT2D eigenvalue weighted by molar-refractivity contribution is -0.384. The number of nitro benzene ring substituents is 1. The number of nitrogens with one attached hydrogen (secondary N) is 1. The van der Waals surface area contributed by atoms with E-state index in [1.807, 2.05) is 0 Å². The van der Waals surface area contributed by atoms with E-state index in [0.29, 0.717) is 30.0 Å². The summed E-state index contributed by atoms with van der Waals surface area (Å²) in [6.45, 7) is 0.416. The van der Waals surface area contributed by atoms with Gasteiger partial charge in [-0.2, -0.15) is 0 Å². The van der Waals surface area contributed by atoms with Gasteiger partial charge in [-0.25, -0.2) is 13.1 Å². The van der Waals surface area contributed by atoms with Gasteiger partial charge in [0.25, 0.3) is 11.6 Å². The third-order valence-electron chi connectivity index (χ3n) is 4.85. The molecular weight excluding hydrogens is 410 g/mol. The second kappa shape index (κ2) is 7.73. The molecule has 1 aromatic heterocycles. The molecule has 0 saturated heterocycles. The van der Waals surface area contributed by atoms with Crippen LogP contribution in [-0.2, 0) is 23.0 Å². The molecule has 2 aromatic carbocycles. The zero-order valence-corrected chi connectivity index (χ0v) is 16.5.